The molecule has 1 aliphatic heterocycles. The van der Waals surface area contributed by atoms with Crippen LogP contribution in [0.3, 0.4) is 0 Å². The lowest BCUT2D eigenvalue weighted by atomic mass is 9.97. The molecule has 1 fully saturated rings. The Balaban J connectivity index is 2.91. The Bertz CT molecular complexity index is 414. The molecular formula is C13H19F3N2O2. The number of amides is 2. The Morgan fingerprint density at radius 1 is 1.20 bits per heavy atom. The van der Waals surface area contributed by atoms with Crippen LogP contribution < -0.4 is 5.32 Å². The standard InChI is InChI=1S/C13H19F3N2O2/c1-8(2)6-12(20)18-7-10(17-9(3)19)4-5-11(18)13(14,15)16/h6,10-11H,4-5,7H2,1-3H3,(H,17,19). The molecule has 0 bridgehead atoms. The van der Waals surface area contributed by atoms with Crippen molar-refractivity contribution in [3.8, 4) is 0 Å². The van der Waals surface area contributed by atoms with Crippen molar-refractivity contribution in [3.05, 3.63) is 11.6 Å². The van der Waals surface area contributed by atoms with Gasteiger partial charge in [-0.15, -0.1) is 0 Å². The number of piperidine rings is 1. The summed E-state index contributed by atoms with van der Waals surface area (Å²) in [5.41, 5.74) is 0.637. The van der Waals surface area contributed by atoms with Crippen LogP contribution in [-0.4, -0.2) is 41.5 Å². The number of rotatable bonds is 2. The molecule has 114 valence electrons. The SMILES string of the molecule is CC(=O)NC1CCC(C(F)(F)F)N(C(=O)C=C(C)C)C1. The van der Waals surface area contributed by atoms with Crippen LogP contribution >= 0.6 is 0 Å². The average molecular weight is 292 g/mol. The molecule has 0 aromatic carbocycles. The van der Waals surface area contributed by atoms with E-state index in [2.05, 4.69) is 5.32 Å². The van der Waals surface area contributed by atoms with Gasteiger partial charge in [-0.05, 0) is 26.7 Å². The van der Waals surface area contributed by atoms with Crippen molar-refractivity contribution in [1.82, 2.24) is 10.2 Å². The fraction of sp³-hybridized carbons (Fsp3) is 0.692. The lowest BCUT2D eigenvalue weighted by Crippen LogP contribution is -2.57. The first-order chi connectivity index (χ1) is 9.11. The molecule has 1 heterocycles. The van der Waals surface area contributed by atoms with E-state index in [1.807, 2.05) is 0 Å². The Labute approximate surface area is 116 Å². The summed E-state index contributed by atoms with van der Waals surface area (Å²) in [5.74, 6) is -0.975. The number of carbonyl (C=O) groups excluding carboxylic acids is 2. The van der Waals surface area contributed by atoms with Crippen LogP contribution in [0.25, 0.3) is 0 Å². The van der Waals surface area contributed by atoms with Gasteiger partial charge in [-0.25, -0.2) is 0 Å². The number of likely N-dealkylation sites (tertiary alicyclic amines) is 1. The predicted molar refractivity (Wildman–Crippen MR) is 67.8 cm³/mol. The van der Waals surface area contributed by atoms with Crippen LogP contribution in [0.5, 0.6) is 0 Å². The average Bonchev–Trinajstić information content (AvgIpc) is 2.25. The number of allylic oxidation sites excluding steroid dienone is 1. The van der Waals surface area contributed by atoms with Gasteiger partial charge in [0, 0.05) is 25.6 Å². The smallest absolute Gasteiger partial charge is 0.352 e. The molecule has 2 amide bonds. The molecular weight excluding hydrogens is 273 g/mol. The minimum absolute atomic E-state index is 0.119. The predicted octanol–water partition coefficient (Wildman–Crippen LogP) is 2.01. The first kappa shape index (κ1) is 16.5. The fourth-order valence-corrected chi connectivity index (χ4v) is 2.29. The van der Waals surface area contributed by atoms with Gasteiger partial charge in [0.1, 0.15) is 6.04 Å². The summed E-state index contributed by atoms with van der Waals surface area (Å²) in [4.78, 5) is 23.7. The Morgan fingerprint density at radius 3 is 2.25 bits per heavy atom. The second-order valence-electron chi connectivity index (χ2n) is 5.24. The molecule has 0 aliphatic carbocycles. The highest BCUT2D eigenvalue weighted by atomic mass is 19.4. The van der Waals surface area contributed by atoms with Crippen molar-refractivity contribution in [3.63, 3.8) is 0 Å². The van der Waals surface area contributed by atoms with E-state index in [4.69, 9.17) is 0 Å². The molecule has 1 rings (SSSR count). The second-order valence-corrected chi connectivity index (χ2v) is 5.24. The number of halogens is 3. The third kappa shape index (κ3) is 4.54. The van der Waals surface area contributed by atoms with Crippen LogP contribution in [-0.2, 0) is 9.59 Å². The van der Waals surface area contributed by atoms with Gasteiger partial charge in [0.2, 0.25) is 11.8 Å². The molecule has 2 atom stereocenters. The minimum Gasteiger partial charge on any atom is -0.352 e. The summed E-state index contributed by atoms with van der Waals surface area (Å²) < 4.78 is 38.9. The molecule has 0 saturated carbocycles. The van der Waals surface area contributed by atoms with E-state index in [-0.39, 0.29) is 25.3 Å². The lowest BCUT2D eigenvalue weighted by molar-refractivity contribution is -0.195. The fourth-order valence-electron chi connectivity index (χ4n) is 2.29. The number of carbonyl (C=O) groups is 2. The zero-order valence-corrected chi connectivity index (χ0v) is 11.8. The first-order valence-electron chi connectivity index (χ1n) is 6.40. The van der Waals surface area contributed by atoms with E-state index >= 15 is 0 Å². The highest BCUT2D eigenvalue weighted by Gasteiger charge is 2.47. The summed E-state index contributed by atoms with van der Waals surface area (Å²) in [6.07, 6.45) is -3.25. The van der Waals surface area contributed by atoms with Crippen molar-refractivity contribution in [2.75, 3.05) is 6.54 Å². The van der Waals surface area contributed by atoms with Gasteiger partial charge in [0.25, 0.3) is 0 Å². The third-order valence-corrected chi connectivity index (χ3v) is 3.06. The molecule has 7 heteroatoms. The number of hydrogen-bond donors (Lipinski definition) is 1. The highest BCUT2D eigenvalue weighted by molar-refractivity contribution is 5.88. The molecule has 1 saturated heterocycles. The van der Waals surface area contributed by atoms with E-state index in [9.17, 15) is 22.8 Å². The topological polar surface area (TPSA) is 49.4 Å². The zero-order chi connectivity index (χ0) is 15.5. The zero-order valence-electron chi connectivity index (χ0n) is 11.8. The van der Waals surface area contributed by atoms with Crippen molar-refractivity contribution >= 4 is 11.8 Å². The monoisotopic (exact) mass is 292 g/mol. The quantitative estimate of drug-likeness (QED) is 0.792. The van der Waals surface area contributed by atoms with Crippen molar-refractivity contribution in [2.24, 2.45) is 0 Å². The van der Waals surface area contributed by atoms with Crippen molar-refractivity contribution < 1.29 is 22.8 Å². The van der Waals surface area contributed by atoms with Gasteiger partial charge < -0.3 is 10.2 Å². The summed E-state index contributed by atoms with van der Waals surface area (Å²) in [5, 5.41) is 2.57. The molecule has 20 heavy (non-hydrogen) atoms. The lowest BCUT2D eigenvalue weighted by Gasteiger charge is -2.40. The summed E-state index contributed by atoms with van der Waals surface area (Å²) in [7, 11) is 0. The van der Waals surface area contributed by atoms with Crippen LogP contribution in [0, 0.1) is 0 Å². The summed E-state index contributed by atoms with van der Waals surface area (Å²) in [6.45, 7) is 4.48. The molecule has 2 unspecified atom stereocenters. The van der Waals surface area contributed by atoms with Gasteiger partial charge in [-0.2, -0.15) is 13.2 Å². The van der Waals surface area contributed by atoms with Crippen LogP contribution in [0.1, 0.15) is 33.6 Å². The van der Waals surface area contributed by atoms with Gasteiger partial charge >= 0.3 is 6.18 Å². The first-order valence-corrected chi connectivity index (χ1v) is 6.40. The van der Waals surface area contributed by atoms with Gasteiger partial charge in [0.15, 0.2) is 0 Å². The molecule has 4 nitrogen and oxygen atoms in total. The largest absolute Gasteiger partial charge is 0.408 e. The number of hydrogen-bond acceptors (Lipinski definition) is 2. The van der Waals surface area contributed by atoms with Gasteiger partial charge in [0.05, 0.1) is 0 Å². The molecule has 1 N–H and O–H groups in total. The third-order valence-electron chi connectivity index (χ3n) is 3.06. The Hall–Kier alpha value is -1.53. The highest BCUT2D eigenvalue weighted by Crippen LogP contribution is 2.32. The maximum absolute atomic E-state index is 13.0. The van der Waals surface area contributed by atoms with E-state index in [1.54, 1.807) is 13.8 Å². The van der Waals surface area contributed by atoms with Crippen LogP contribution in [0.2, 0.25) is 0 Å². The van der Waals surface area contributed by atoms with Gasteiger partial charge in [-0.1, -0.05) is 5.57 Å². The summed E-state index contributed by atoms with van der Waals surface area (Å²) >= 11 is 0. The van der Waals surface area contributed by atoms with Crippen LogP contribution in [0.15, 0.2) is 11.6 Å². The van der Waals surface area contributed by atoms with Crippen molar-refractivity contribution in [1.29, 1.82) is 0 Å². The molecule has 0 spiro atoms. The van der Waals surface area contributed by atoms with Crippen molar-refractivity contribution in [2.45, 2.75) is 51.9 Å². The van der Waals surface area contributed by atoms with Crippen LogP contribution in [0.4, 0.5) is 13.2 Å². The molecule has 1 aliphatic rings. The maximum atomic E-state index is 13.0. The molecule has 0 radical (unpaired) electrons. The number of alkyl halides is 3. The Morgan fingerprint density at radius 2 is 1.80 bits per heavy atom. The molecule has 0 aromatic heterocycles. The minimum atomic E-state index is -4.45. The molecule has 0 aromatic rings. The maximum Gasteiger partial charge on any atom is 0.408 e. The van der Waals surface area contributed by atoms with E-state index in [0.717, 1.165) is 4.90 Å². The van der Waals surface area contributed by atoms with E-state index < -0.39 is 24.2 Å². The van der Waals surface area contributed by atoms with Gasteiger partial charge in [-0.3, -0.25) is 9.59 Å². The Kier molecular flexibility index (Phi) is 5.19. The summed E-state index contributed by atoms with van der Waals surface area (Å²) in [6, 6.07) is -2.21. The van der Waals surface area contributed by atoms with E-state index in [0.29, 0.717) is 5.57 Å². The number of nitrogens with one attached hydrogen (secondary N) is 1. The normalized spacial score (nSPS) is 23.2. The number of nitrogens with zero attached hydrogens (tertiary/aromatic N) is 1. The van der Waals surface area contributed by atoms with E-state index in [1.165, 1.54) is 13.0 Å². The second kappa shape index (κ2) is 6.28.